The molecule has 0 atom stereocenters. The quantitative estimate of drug-likeness (QED) is 0.835. The molecule has 0 bridgehead atoms. The van der Waals surface area contributed by atoms with Crippen LogP contribution in [-0.4, -0.2) is 48.6 Å². The molecule has 1 aromatic heterocycles. The van der Waals surface area contributed by atoms with Gasteiger partial charge < -0.3 is 10.2 Å². The summed E-state index contributed by atoms with van der Waals surface area (Å²) in [4.78, 5) is 9.39. The second kappa shape index (κ2) is 6.55. The zero-order chi connectivity index (χ0) is 14.6. The summed E-state index contributed by atoms with van der Waals surface area (Å²) in [6.45, 7) is 12.0. The maximum absolute atomic E-state index is 4.56. The van der Waals surface area contributed by atoms with Crippen molar-refractivity contribution in [1.29, 1.82) is 0 Å². The summed E-state index contributed by atoms with van der Waals surface area (Å²) in [7, 11) is 2.20. The highest BCUT2D eigenvalue weighted by atomic mass is 15.3. The number of nitrogens with one attached hydrogen (secondary N) is 1. The molecular weight excluding hydrogens is 248 g/mol. The van der Waals surface area contributed by atoms with Crippen molar-refractivity contribution < 1.29 is 0 Å². The van der Waals surface area contributed by atoms with Crippen molar-refractivity contribution in [3.8, 4) is 0 Å². The minimum absolute atomic E-state index is 0.205. The van der Waals surface area contributed by atoms with Crippen LogP contribution in [0.15, 0.2) is 18.3 Å². The van der Waals surface area contributed by atoms with E-state index in [0.29, 0.717) is 0 Å². The number of anilines is 1. The molecule has 0 spiro atoms. The third-order valence-corrected chi connectivity index (χ3v) is 4.21. The molecule has 1 aromatic rings. The van der Waals surface area contributed by atoms with E-state index in [0.717, 1.165) is 38.5 Å². The SMILES string of the molecule is CCCNCc1ccnc(N2CCN(C)C(C)(C)C2)c1. The lowest BCUT2D eigenvalue weighted by Crippen LogP contribution is -2.57. The third kappa shape index (κ3) is 3.70. The second-order valence-corrected chi connectivity index (χ2v) is 6.35. The Morgan fingerprint density at radius 3 is 2.85 bits per heavy atom. The average molecular weight is 276 g/mol. The Hall–Kier alpha value is -1.13. The number of rotatable bonds is 5. The molecule has 1 aliphatic heterocycles. The fraction of sp³-hybridized carbons (Fsp3) is 0.688. The van der Waals surface area contributed by atoms with Crippen LogP contribution in [0.4, 0.5) is 5.82 Å². The van der Waals surface area contributed by atoms with Gasteiger partial charge >= 0.3 is 0 Å². The van der Waals surface area contributed by atoms with Crippen molar-refractivity contribution in [3.63, 3.8) is 0 Å². The molecule has 0 saturated carbocycles. The highest BCUT2D eigenvalue weighted by molar-refractivity contribution is 5.42. The van der Waals surface area contributed by atoms with Gasteiger partial charge in [0.1, 0.15) is 5.82 Å². The van der Waals surface area contributed by atoms with E-state index in [1.54, 1.807) is 0 Å². The summed E-state index contributed by atoms with van der Waals surface area (Å²) in [5.41, 5.74) is 1.52. The zero-order valence-electron chi connectivity index (χ0n) is 13.3. The molecule has 0 unspecified atom stereocenters. The smallest absolute Gasteiger partial charge is 0.128 e. The van der Waals surface area contributed by atoms with Gasteiger partial charge in [0.2, 0.25) is 0 Å². The van der Waals surface area contributed by atoms with Gasteiger partial charge in [-0.05, 0) is 51.6 Å². The number of aromatic nitrogens is 1. The highest BCUT2D eigenvalue weighted by Crippen LogP contribution is 2.23. The largest absolute Gasteiger partial charge is 0.353 e. The summed E-state index contributed by atoms with van der Waals surface area (Å²) in [6, 6.07) is 4.33. The van der Waals surface area contributed by atoms with Crippen molar-refractivity contribution in [2.24, 2.45) is 0 Å². The van der Waals surface area contributed by atoms with E-state index in [4.69, 9.17) is 0 Å². The Balaban J connectivity index is 2.03. The Morgan fingerprint density at radius 1 is 1.35 bits per heavy atom. The number of pyridine rings is 1. The van der Waals surface area contributed by atoms with Gasteiger partial charge in [0.15, 0.2) is 0 Å². The van der Waals surface area contributed by atoms with E-state index in [9.17, 15) is 0 Å². The maximum atomic E-state index is 4.56. The Bertz CT molecular complexity index is 430. The fourth-order valence-corrected chi connectivity index (χ4v) is 2.59. The molecule has 0 aromatic carbocycles. The van der Waals surface area contributed by atoms with Crippen LogP contribution in [0, 0.1) is 0 Å². The fourth-order valence-electron chi connectivity index (χ4n) is 2.59. The standard InChI is InChI=1S/C16H28N4/c1-5-7-17-12-14-6-8-18-15(11-14)20-10-9-19(4)16(2,3)13-20/h6,8,11,17H,5,7,9-10,12-13H2,1-4H3. The van der Waals surface area contributed by atoms with Gasteiger partial charge in [-0.1, -0.05) is 6.92 Å². The Kier molecular flexibility index (Phi) is 5.00. The van der Waals surface area contributed by atoms with E-state index >= 15 is 0 Å². The monoisotopic (exact) mass is 276 g/mol. The van der Waals surface area contributed by atoms with Crippen LogP contribution >= 0.6 is 0 Å². The molecule has 4 nitrogen and oxygen atoms in total. The molecule has 112 valence electrons. The van der Waals surface area contributed by atoms with Gasteiger partial charge in [0.05, 0.1) is 0 Å². The molecule has 0 amide bonds. The van der Waals surface area contributed by atoms with Crippen molar-refractivity contribution in [1.82, 2.24) is 15.2 Å². The normalized spacial score (nSPS) is 19.3. The predicted octanol–water partition coefficient (Wildman–Crippen LogP) is 2.11. The lowest BCUT2D eigenvalue weighted by Gasteiger charge is -2.45. The van der Waals surface area contributed by atoms with Crippen LogP contribution in [0.3, 0.4) is 0 Å². The van der Waals surface area contributed by atoms with Crippen LogP contribution in [0.5, 0.6) is 0 Å². The average Bonchev–Trinajstić information content (AvgIpc) is 2.42. The molecule has 1 aliphatic rings. The topological polar surface area (TPSA) is 31.4 Å². The summed E-state index contributed by atoms with van der Waals surface area (Å²) < 4.78 is 0. The van der Waals surface area contributed by atoms with Crippen LogP contribution in [0.2, 0.25) is 0 Å². The van der Waals surface area contributed by atoms with Gasteiger partial charge in [0.25, 0.3) is 0 Å². The summed E-state index contributed by atoms with van der Waals surface area (Å²) in [5, 5.41) is 3.45. The number of nitrogens with zero attached hydrogens (tertiary/aromatic N) is 3. The number of hydrogen-bond donors (Lipinski definition) is 1. The molecular formula is C16H28N4. The molecule has 1 N–H and O–H groups in total. The van der Waals surface area contributed by atoms with Crippen LogP contribution < -0.4 is 10.2 Å². The Morgan fingerprint density at radius 2 is 2.15 bits per heavy atom. The first kappa shape index (κ1) is 15.3. The first-order valence-corrected chi connectivity index (χ1v) is 7.65. The zero-order valence-corrected chi connectivity index (χ0v) is 13.3. The van der Waals surface area contributed by atoms with E-state index in [1.807, 2.05) is 6.20 Å². The minimum atomic E-state index is 0.205. The number of likely N-dealkylation sites (N-methyl/N-ethyl adjacent to an activating group) is 1. The van der Waals surface area contributed by atoms with Crippen LogP contribution in [-0.2, 0) is 6.54 Å². The minimum Gasteiger partial charge on any atom is -0.353 e. The van der Waals surface area contributed by atoms with E-state index < -0.39 is 0 Å². The van der Waals surface area contributed by atoms with Gasteiger partial charge in [-0.25, -0.2) is 4.98 Å². The lowest BCUT2D eigenvalue weighted by atomic mass is 10.00. The van der Waals surface area contributed by atoms with Gasteiger partial charge in [-0.3, -0.25) is 4.90 Å². The van der Waals surface area contributed by atoms with Gasteiger partial charge in [-0.2, -0.15) is 0 Å². The van der Waals surface area contributed by atoms with Crippen molar-refractivity contribution in [2.75, 3.05) is 38.1 Å². The first-order valence-electron chi connectivity index (χ1n) is 7.65. The van der Waals surface area contributed by atoms with Crippen molar-refractivity contribution >= 4 is 5.82 Å². The van der Waals surface area contributed by atoms with E-state index in [-0.39, 0.29) is 5.54 Å². The van der Waals surface area contributed by atoms with Crippen LogP contribution in [0.25, 0.3) is 0 Å². The molecule has 2 rings (SSSR count). The third-order valence-electron chi connectivity index (χ3n) is 4.21. The molecule has 20 heavy (non-hydrogen) atoms. The molecule has 0 aliphatic carbocycles. The van der Waals surface area contributed by atoms with Gasteiger partial charge in [-0.15, -0.1) is 0 Å². The number of piperazine rings is 1. The molecule has 0 radical (unpaired) electrons. The maximum Gasteiger partial charge on any atom is 0.128 e. The first-order chi connectivity index (χ1) is 9.53. The highest BCUT2D eigenvalue weighted by Gasteiger charge is 2.31. The summed E-state index contributed by atoms with van der Waals surface area (Å²) in [6.07, 6.45) is 3.11. The summed E-state index contributed by atoms with van der Waals surface area (Å²) in [5.74, 6) is 1.11. The Labute approximate surface area is 123 Å². The summed E-state index contributed by atoms with van der Waals surface area (Å²) >= 11 is 0. The van der Waals surface area contributed by atoms with E-state index in [2.05, 4.69) is 60.1 Å². The van der Waals surface area contributed by atoms with Crippen LogP contribution in [0.1, 0.15) is 32.8 Å². The number of hydrogen-bond acceptors (Lipinski definition) is 4. The van der Waals surface area contributed by atoms with Crippen molar-refractivity contribution in [2.45, 2.75) is 39.3 Å². The molecule has 2 heterocycles. The molecule has 4 heteroatoms. The molecule has 1 fully saturated rings. The van der Waals surface area contributed by atoms with E-state index in [1.165, 1.54) is 12.0 Å². The second-order valence-electron chi connectivity index (χ2n) is 6.35. The predicted molar refractivity (Wildman–Crippen MR) is 85.2 cm³/mol. The van der Waals surface area contributed by atoms with Gasteiger partial charge in [0, 0.05) is 37.9 Å². The lowest BCUT2D eigenvalue weighted by molar-refractivity contribution is 0.138. The molecule has 1 saturated heterocycles. The van der Waals surface area contributed by atoms with Crippen molar-refractivity contribution in [3.05, 3.63) is 23.9 Å².